The van der Waals surface area contributed by atoms with Crippen LogP contribution in [-0.2, 0) is 0 Å². The summed E-state index contributed by atoms with van der Waals surface area (Å²) >= 11 is 7.19. The molecule has 0 aromatic heterocycles. The number of hydrogen-bond donors (Lipinski definition) is 1. The van der Waals surface area contributed by atoms with E-state index < -0.39 is 0 Å². The highest BCUT2D eigenvalue weighted by Crippen LogP contribution is 2.23. The first-order valence-electron chi connectivity index (χ1n) is 7.11. The van der Waals surface area contributed by atoms with E-state index in [1.807, 2.05) is 47.4 Å². The van der Waals surface area contributed by atoms with Gasteiger partial charge in [0.1, 0.15) is 0 Å². The van der Waals surface area contributed by atoms with Crippen molar-refractivity contribution in [3.63, 3.8) is 0 Å². The van der Waals surface area contributed by atoms with Crippen LogP contribution in [0.15, 0.2) is 59.6 Å². The first-order valence-corrected chi connectivity index (χ1v) is 8.51. The van der Waals surface area contributed by atoms with E-state index in [9.17, 15) is 0 Å². The summed E-state index contributed by atoms with van der Waals surface area (Å²) in [5.41, 5.74) is 2.33. The van der Waals surface area contributed by atoms with Gasteiger partial charge in [0.2, 0.25) is 0 Å². The maximum atomic E-state index is 8.97. The zero-order chi connectivity index (χ0) is 16.1. The van der Waals surface area contributed by atoms with E-state index in [4.69, 9.17) is 17.5 Å². The zero-order valence-electron chi connectivity index (χ0n) is 12.3. The molecule has 23 heavy (non-hydrogen) atoms. The van der Waals surface area contributed by atoms with Gasteiger partial charge in [0.05, 0.1) is 17.3 Å². The molecule has 1 N–H and O–H groups in total. The van der Waals surface area contributed by atoms with Crippen LogP contribution in [0.4, 0.5) is 11.4 Å². The Labute approximate surface area is 144 Å². The van der Waals surface area contributed by atoms with Crippen molar-refractivity contribution in [2.24, 2.45) is 4.99 Å². The second-order valence-corrected chi connectivity index (χ2v) is 6.30. The minimum absolute atomic E-state index is 0.597. The molecule has 2 aromatic carbocycles. The second-order valence-electron chi connectivity index (χ2n) is 4.85. The van der Waals surface area contributed by atoms with Crippen LogP contribution in [0.3, 0.4) is 0 Å². The predicted molar refractivity (Wildman–Crippen MR) is 100 cm³/mol. The van der Waals surface area contributed by atoms with Gasteiger partial charge in [0.25, 0.3) is 0 Å². The fourth-order valence-corrected chi connectivity index (χ4v) is 3.47. The molecule has 0 spiro atoms. The maximum Gasteiger partial charge on any atom is 0.179 e. The fraction of sp³-hybridized carbons (Fsp3) is 0.118. The third-order valence-corrected chi connectivity index (χ3v) is 4.53. The highest BCUT2D eigenvalue weighted by molar-refractivity contribution is 8.14. The van der Waals surface area contributed by atoms with E-state index in [0.29, 0.717) is 10.7 Å². The lowest BCUT2D eigenvalue weighted by Gasteiger charge is -2.20. The number of thioether (sulfide) groups is 1. The number of hydrogen-bond acceptors (Lipinski definition) is 4. The summed E-state index contributed by atoms with van der Waals surface area (Å²) < 4.78 is 0. The predicted octanol–water partition coefficient (Wildman–Crippen LogP) is 3.99. The third kappa shape index (κ3) is 3.89. The lowest BCUT2D eigenvalue weighted by molar-refractivity contribution is 0.687. The number of benzene rings is 2. The van der Waals surface area contributed by atoms with Crippen LogP contribution in [0.2, 0.25) is 0 Å². The molecular formula is C17H14N4S2. The van der Waals surface area contributed by atoms with Crippen LogP contribution in [0.5, 0.6) is 0 Å². The molecule has 1 saturated heterocycles. The molecule has 1 heterocycles. The minimum Gasteiger partial charge on any atom is -0.332 e. The number of aliphatic imine (C=N–C) groups is 1. The van der Waals surface area contributed by atoms with Gasteiger partial charge in [-0.25, -0.2) is 4.99 Å². The average molecular weight is 338 g/mol. The number of para-hydroxylation sites is 1. The molecule has 0 radical (unpaired) electrons. The Kier molecular flexibility index (Phi) is 4.91. The molecule has 0 saturated carbocycles. The average Bonchev–Trinajstić information content (AvgIpc) is 3.04. The van der Waals surface area contributed by atoms with E-state index in [1.54, 1.807) is 23.9 Å². The molecule has 3 rings (SSSR count). The van der Waals surface area contributed by atoms with Crippen molar-refractivity contribution in [1.82, 2.24) is 4.90 Å². The second kappa shape index (κ2) is 7.27. The molecule has 4 nitrogen and oxygen atoms in total. The molecule has 0 bridgehead atoms. The first-order chi connectivity index (χ1) is 11.3. The Morgan fingerprint density at radius 3 is 2.83 bits per heavy atom. The van der Waals surface area contributed by atoms with E-state index in [2.05, 4.69) is 16.4 Å². The Morgan fingerprint density at radius 2 is 2.04 bits per heavy atom. The summed E-state index contributed by atoms with van der Waals surface area (Å²) in [5, 5.41) is 13.6. The van der Waals surface area contributed by atoms with Gasteiger partial charge in [0.15, 0.2) is 10.3 Å². The van der Waals surface area contributed by atoms with Gasteiger partial charge in [-0.3, -0.25) is 4.90 Å². The normalized spacial score (nSPS) is 15.4. The molecule has 114 valence electrons. The van der Waals surface area contributed by atoms with Gasteiger partial charge in [-0.15, -0.1) is 0 Å². The Bertz CT molecular complexity index is 781. The third-order valence-electron chi connectivity index (χ3n) is 3.25. The van der Waals surface area contributed by atoms with E-state index in [-0.39, 0.29) is 0 Å². The molecule has 0 amide bonds. The number of nitrogens with zero attached hydrogens (tertiary/aromatic N) is 3. The Hall–Kier alpha value is -2.36. The molecule has 1 aliphatic rings. The number of thiocarbonyl (C=S) groups is 1. The van der Waals surface area contributed by atoms with Crippen LogP contribution in [0.1, 0.15) is 5.56 Å². The summed E-state index contributed by atoms with van der Waals surface area (Å²) in [4.78, 5) is 6.65. The summed E-state index contributed by atoms with van der Waals surface area (Å²) in [7, 11) is 0. The van der Waals surface area contributed by atoms with Crippen molar-refractivity contribution < 1.29 is 0 Å². The van der Waals surface area contributed by atoms with Crippen molar-refractivity contribution in [3.8, 4) is 6.07 Å². The van der Waals surface area contributed by atoms with Gasteiger partial charge >= 0.3 is 0 Å². The van der Waals surface area contributed by atoms with Gasteiger partial charge in [-0.1, -0.05) is 36.0 Å². The highest BCUT2D eigenvalue weighted by Gasteiger charge is 2.23. The van der Waals surface area contributed by atoms with Gasteiger partial charge in [-0.2, -0.15) is 5.26 Å². The van der Waals surface area contributed by atoms with Crippen LogP contribution in [-0.4, -0.2) is 27.5 Å². The number of anilines is 1. The zero-order valence-corrected chi connectivity index (χ0v) is 13.9. The Balaban J connectivity index is 1.76. The molecule has 2 aromatic rings. The Morgan fingerprint density at radius 1 is 1.22 bits per heavy atom. The van der Waals surface area contributed by atoms with Gasteiger partial charge in [-0.05, 0) is 42.5 Å². The number of amidine groups is 1. The van der Waals surface area contributed by atoms with E-state index in [0.717, 1.165) is 28.8 Å². The highest BCUT2D eigenvalue weighted by atomic mass is 32.2. The maximum absolute atomic E-state index is 8.97. The van der Waals surface area contributed by atoms with E-state index in [1.165, 1.54) is 0 Å². The van der Waals surface area contributed by atoms with Crippen LogP contribution in [0.25, 0.3) is 0 Å². The fourth-order valence-electron chi connectivity index (χ4n) is 2.15. The lowest BCUT2D eigenvalue weighted by atomic mass is 10.2. The molecule has 0 unspecified atom stereocenters. The van der Waals surface area contributed by atoms with Crippen molar-refractivity contribution in [1.29, 1.82) is 5.26 Å². The number of nitrogens with one attached hydrogen (secondary N) is 1. The first kappa shape index (κ1) is 15.5. The molecule has 1 fully saturated rings. The minimum atomic E-state index is 0.597. The number of nitriles is 1. The molecule has 6 heteroatoms. The monoisotopic (exact) mass is 338 g/mol. The molecule has 0 atom stereocenters. The van der Waals surface area contributed by atoms with E-state index >= 15 is 0 Å². The smallest absolute Gasteiger partial charge is 0.179 e. The summed E-state index contributed by atoms with van der Waals surface area (Å²) in [6.45, 7) is 0.820. The molecule has 0 aliphatic carbocycles. The van der Waals surface area contributed by atoms with Crippen molar-refractivity contribution in [2.75, 3.05) is 17.6 Å². The van der Waals surface area contributed by atoms with Crippen LogP contribution < -0.4 is 5.32 Å². The topological polar surface area (TPSA) is 51.4 Å². The van der Waals surface area contributed by atoms with Crippen molar-refractivity contribution in [2.45, 2.75) is 0 Å². The van der Waals surface area contributed by atoms with Gasteiger partial charge < -0.3 is 5.32 Å². The summed E-state index contributed by atoms with van der Waals surface area (Å²) in [5.74, 6) is 0.950. The summed E-state index contributed by atoms with van der Waals surface area (Å²) in [6, 6.07) is 19.2. The van der Waals surface area contributed by atoms with Crippen LogP contribution in [0, 0.1) is 11.3 Å². The van der Waals surface area contributed by atoms with Crippen LogP contribution >= 0.6 is 24.0 Å². The van der Waals surface area contributed by atoms with Gasteiger partial charge in [0, 0.05) is 18.0 Å². The lowest BCUT2D eigenvalue weighted by Crippen LogP contribution is -2.35. The molecular weight excluding hydrogens is 324 g/mol. The number of rotatable bonds is 2. The quantitative estimate of drug-likeness (QED) is 0.839. The largest absolute Gasteiger partial charge is 0.332 e. The summed E-state index contributed by atoms with van der Waals surface area (Å²) in [6.07, 6.45) is 0. The van der Waals surface area contributed by atoms with Crippen molar-refractivity contribution >= 4 is 45.6 Å². The standard InChI is InChI=1S/C17H14N4S2/c18-12-13-5-4-8-15(11-13)19-16(22)21-9-10-23-17(21)20-14-6-2-1-3-7-14/h1-8,11H,9-10H2,(H,19,22). The molecule has 1 aliphatic heterocycles. The SMILES string of the molecule is N#Cc1cccc(NC(=S)N2CCSC2=Nc2ccccc2)c1. The van der Waals surface area contributed by atoms with Crippen molar-refractivity contribution in [3.05, 3.63) is 60.2 Å².